The number of nitrogens with one attached hydrogen (secondary N) is 1. The van der Waals surface area contributed by atoms with E-state index < -0.39 is 0 Å². The lowest BCUT2D eigenvalue weighted by molar-refractivity contribution is 0.370. The molecule has 1 aromatic carbocycles. The van der Waals surface area contributed by atoms with Gasteiger partial charge in [0.15, 0.2) is 0 Å². The summed E-state index contributed by atoms with van der Waals surface area (Å²) < 4.78 is 5.39. The molecule has 18 heavy (non-hydrogen) atoms. The Bertz CT molecular complexity index is 532. The van der Waals surface area contributed by atoms with Crippen LogP contribution < -0.4 is 5.32 Å². The number of hydrogen-bond acceptors (Lipinski definition) is 3. The fourth-order valence-corrected chi connectivity index (χ4v) is 2.70. The molecule has 2 aromatic rings. The Hall–Kier alpha value is -1.32. The standard InChI is InChI=1S/C14H15ClN2O/c15-13-6-2-1-5-11(13)12-9-17-18-14(12)8-10-4-3-7-16-10/h1-2,5-6,9-10,16H,3-4,7-8H2. The summed E-state index contributed by atoms with van der Waals surface area (Å²) in [6, 6.07) is 8.30. The topological polar surface area (TPSA) is 38.1 Å². The summed E-state index contributed by atoms with van der Waals surface area (Å²) in [6.07, 6.45) is 5.06. The van der Waals surface area contributed by atoms with Gasteiger partial charge in [-0.05, 0) is 25.5 Å². The van der Waals surface area contributed by atoms with Crippen molar-refractivity contribution in [3.63, 3.8) is 0 Å². The molecule has 0 spiro atoms. The van der Waals surface area contributed by atoms with Gasteiger partial charge in [-0.25, -0.2) is 0 Å². The molecule has 0 radical (unpaired) electrons. The number of benzene rings is 1. The lowest BCUT2D eigenvalue weighted by Crippen LogP contribution is -2.23. The van der Waals surface area contributed by atoms with Crippen LogP contribution in [0.25, 0.3) is 11.1 Å². The second kappa shape index (κ2) is 5.12. The molecule has 1 saturated heterocycles. The van der Waals surface area contributed by atoms with Crippen molar-refractivity contribution in [1.29, 1.82) is 0 Å². The van der Waals surface area contributed by atoms with Crippen molar-refractivity contribution < 1.29 is 4.52 Å². The van der Waals surface area contributed by atoms with Gasteiger partial charge in [0.25, 0.3) is 0 Å². The van der Waals surface area contributed by atoms with Crippen LogP contribution in [0, 0.1) is 0 Å². The minimum atomic E-state index is 0.499. The lowest BCUT2D eigenvalue weighted by atomic mass is 10.0. The summed E-state index contributed by atoms with van der Waals surface area (Å²) in [5, 5.41) is 8.13. The third-order valence-corrected chi connectivity index (χ3v) is 3.73. The van der Waals surface area contributed by atoms with E-state index in [1.165, 1.54) is 12.8 Å². The fourth-order valence-electron chi connectivity index (χ4n) is 2.47. The van der Waals surface area contributed by atoms with Gasteiger partial charge in [-0.2, -0.15) is 0 Å². The molecule has 1 aliphatic rings. The first-order chi connectivity index (χ1) is 8.84. The van der Waals surface area contributed by atoms with E-state index in [-0.39, 0.29) is 0 Å². The average Bonchev–Trinajstić information content (AvgIpc) is 3.02. The monoisotopic (exact) mass is 262 g/mol. The zero-order valence-corrected chi connectivity index (χ0v) is 10.8. The molecule has 3 nitrogen and oxygen atoms in total. The Morgan fingerprint density at radius 1 is 1.33 bits per heavy atom. The number of aromatic nitrogens is 1. The molecule has 1 fully saturated rings. The molecular formula is C14H15ClN2O. The van der Waals surface area contributed by atoms with Crippen molar-refractivity contribution in [1.82, 2.24) is 10.5 Å². The maximum Gasteiger partial charge on any atom is 0.146 e. The van der Waals surface area contributed by atoms with Gasteiger partial charge in [0, 0.05) is 28.6 Å². The van der Waals surface area contributed by atoms with Crippen molar-refractivity contribution >= 4 is 11.6 Å². The van der Waals surface area contributed by atoms with Crippen LogP contribution in [0.1, 0.15) is 18.6 Å². The molecule has 94 valence electrons. The molecule has 1 aromatic heterocycles. The van der Waals surface area contributed by atoms with Gasteiger partial charge in [0.2, 0.25) is 0 Å². The van der Waals surface area contributed by atoms with Gasteiger partial charge in [0.1, 0.15) is 5.76 Å². The van der Waals surface area contributed by atoms with Crippen LogP contribution in [0.2, 0.25) is 5.02 Å². The van der Waals surface area contributed by atoms with E-state index in [0.29, 0.717) is 6.04 Å². The molecule has 0 saturated carbocycles. The number of halogens is 1. The smallest absolute Gasteiger partial charge is 0.146 e. The third-order valence-electron chi connectivity index (χ3n) is 3.40. The summed E-state index contributed by atoms with van der Waals surface area (Å²) in [5.41, 5.74) is 2.00. The molecule has 0 amide bonds. The van der Waals surface area contributed by atoms with Crippen LogP contribution in [0.5, 0.6) is 0 Å². The molecule has 1 N–H and O–H groups in total. The fraction of sp³-hybridized carbons (Fsp3) is 0.357. The normalized spacial score (nSPS) is 19.3. The van der Waals surface area contributed by atoms with Gasteiger partial charge in [-0.15, -0.1) is 0 Å². The third kappa shape index (κ3) is 2.28. The first-order valence-electron chi connectivity index (χ1n) is 6.26. The summed E-state index contributed by atoms with van der Waals surface area (Å²) in [7, 11) is 0. The minimum absolute atomic E-state index is 0.499. The van der Waals surface area contributed by atoms with Crippen molar-refractivity contribution in [2.24, 2.45) is 0 Å². The minimum Gasteiger partial charge on any atom is -0.361 e. The highest BCUT2D eigenvalue weighted by Gasteiger charge is 2.20. The predicted molar refractivity (Wildman–Crippen MR) is 71.7 cm³/mol. The first kappa shape index (κ1) is 11.8. The van der Waals surface area contributed by atoms with Gasteiger partial charge in [-0.1, -0.05) is 35.0 Å². The summed E-state index contributed by atoms with van der Waals surface area (Å²) >= 11 is 6.22. The second-order valence-electron chi connectivity index (χ2n) is 4.64. The Labute approximate surface area is 111 Å². The van der Waals surface area contributed by atoms with Crippen LogP contribution in [0.4, 0.5) is 0 Å². The van der Waals surface area contributed by atoms with Crippen LogP contribution in [-0.4, -0.2) is 17.7 Å². The van der Waals surface area contributed by atoms with E-state index in [1.54, 1.807) is 6.20 Å². The Morgan fingerprint density at radius 2 is 2.22 bits per heavy atom. The number of rotatable bonds is 3. The second-order valence-corrected chi connectivity index (χ2v) is 5.05. The largest absolute Gasteiger partial charge is 0.361 e. The summed E-state index contributed by atoms with van der Waals surface area (Å²) in [4.78, 5) is 0. The number of nitrogens with zero attached hydrogens (tertiary/aromatic N) is 1. The van der Waals surface area contributed by atoms with E-state index in [1.807, 2.05) is 24.3 Å². The number of hydrogen-bond donors (Lipinski definition) is 1. The lowest BCUT2D eigenvalue weighted by Gasteiger charge is -2.09. The summed E-state index contributed by atoms with van der Waals surface area (Å²) in [5.74, 6) is 0.919. The molecule has 0 bridgehead atoms. The van der Waals surface area contributed by atoms with Crippen molar-refractivity contribution in [2.45, 2.75) is 25.3 Å². The van der Waals surface area contributed by atoms with E-state index in [2.05, 4.69) is 10.5 Å². The highest BCUT2D eigenvalue weighted by atomic mass is 35.5. The van der Waals surface area contributed by atoms with Crippen LogP contribution in [-0.2, 0) is 6.42 Å². The van der Waals surface area contributed by atoms with Crippen molar-refractivity contribution in [3.8, 4) is 11.1 Å². The molecular weight excluding hydrogens is 248 g/mol. The Morgan fingerprint density at radius 3 is 3.00 bits per heavy atom. The average molecular weight is 263 g/mol. The molecule has 2 heterocycles. The zero-order valence-electron chi connectivity index (χ0n) is 10.0. The molecule has 1 aliphatic heterocycles. The predicted octanol–water partition coefficient (Wildman–Crippen LogP) is 3.29. The van der Waals surface area contributed by atoms with Crippen LogP contribution in [0.3, 0.4) is 0 Å². The van der Waals surface area contributed by atoms with Gasteiger partial charge in [-0.3, -0.25) is 0 Å². The first-order valence-corrected chi connectivity index (χ1v) is 6.64. The zero-order chi connectivity index (χ0) is 12.4. The maximum atomic E-state index is 6.22. The molecule has 3 rings (SSSR count). The maximum absolute atomic E-state index is 6.22. The van der Waals surface area contributed by atoms with Crippen molar-refractivity contribution in [2.75, 3.05) is 6.54 Å². The molecule has 4 heteroatoms. The van der Waals surface area contributed by atoms with E-state index in [0.717, 1.165) is 34.9 Å². The highest BCUT2D eigenvalue weighted by molar-refractivity contribution is 6.33. The SMILES string of the molecule is Clc1ccccc1-c1cnoc1CC1CCCN1. The highest BCUT2D eigenvalue weighted by Crippen LogP contribution is 2.31. The van der Waals surface area contributed by atoms with Gasteiger partial charge < -0.3 is 9.84 Å². The Kier molecular flexibility index (Phi) is 3.35. The van der Waals surface area contributed by atoms with Crippen molar-refractivity contribution in [3.05, 3.63) is 41.2 Å². The van der Waals surface area contributed by atoms with E-state index in [4.69, 9.17) is 16.1 Å². The molecule has 1 atom stereocenters. The van der Waals surface area contributed by atoms with E-state index in [9.17, 15) is 0 Å². The summed E-state index contributed by atoms with van der Waals surface area (Å²) in [6.45, 7) is 1.10. The molecule has 0 aliphatic carbocycles. The van der Waals surface area contributed by atoms with E-state index >= 15 is 0 Å². The van der Waals surface area contributed by atoms with Crippen LogP contribution >= 0.6 is 11.6 Å². The quantitative estimate of drug-likeness (QED) is 0.922. The van der Waals surface area contributed by atoms with Gasteiger partial charge in [0.05, 0.1) is 6.20 Å². The van der Waals surface area contributed by atoms with Crippen LogP contribution in [0.15, 0.2) is 35.0 Å². The van der Waals surface area contributed by atoms with Gasteiger partial charge >= 0.3 is 0 Å². The Balaban J connectivity index is 1.89. The molecule has 1 unspecified atom stereocenters.